The molecule has 0 saturated heterocycles. The Kier molecular flexibility index (Phi) is 3.86. The maximum Gasteiger partial charge on any atom is 0.139 e. The van der Waals surface area contributed by atoms with E-state index in [4.69, 9.17) is 16.0 Å². The Labute approximate surface area is 112 Å². The zero-order valence-electron chi connectivity index (χ0n) is 9.01. The molecule has 0 bridgehead atoms. The standard InChI is InChI=1S/C12H10BrClFNO/c1-16-11(12-9(13)4-5-17-12)8-3-2-7(14)6-10(8)15/h2-6,11,16H,1H3. The van der Waals surface area contributed by atoms with Crippen LogP contribution in [0.2, 0.25) is 5.02 Å². The second kappa shape index (κ2) is 5.21. The Bertz CT molecular complexity index is 529. The van der Waals surface area contributed by atoms with Crippen LogP contribution in [0.25, 0.3) is 0 Å². The highest BCUT2D eigenvalue weighted by Crippen LogP contribution is 2.31. The van der Waals surface area contributed by atoms with Gasteiger partial charge in [0.2, 0.25) is 0 Å². The maximum atomic E-state index is 13.8. The van der Waals surface area contributed by atoms with Crippen molar-refractivity contribution < 1.29 is 8.81 Å². The van der Waals surface area contributed by atoms with Gasteiger partial charge in [0.25, 0.3) is 0 Å². The van der Waals surface area contributed by atoms with E-state index in [1.807, 2.05) is 0 Å². The van der Waals surface area contributed by atoms with Crippen molar-refractivity contribution in [1.29, 1.82) is 0 Å². The molecule has 5 heteroatoms. The smallest absolute Gasteiger partial charge is 0.139 e. The average Bonchev–Trinajstić information content (AvgIpc) is 2.69. The summed E-state index contributed by atoms with van der Waals surface area (Å²) in [6, 6.07) is 6.01. The number of halogens is 3. The number of rotatable bonds is 3. The van der Waals surface area contributed by atoms with Gasteiger partial charge in [-0.05, 0) is 41.2 Å². The molecule has 2 rings (SSSR count). The van der Waals surface area contributed by atoms with Crippen molar-refractivity contribution in [3.05, 3.63) is 57.2 Å². The van der Waals surface area contributed by atoms with Gasteiger partial charge in [0.05, 0.1) is 16.8 Å². The van der Waals surface area contributed by atoms with Crippen LogP contribution in [0.3, 0.4) is 0 Å². The van der Waals surface area contributed by atoms with E-state index >= 15 is 0 Å². The lowest BCUT2D eigenvalue weighted by atomic mass is 10.0. The molecule has 1 aromatic carbocycles. The van der Waals surface area contributed by atoms with E-state index in [9.17, 15) is 4.39 Å². The van der Waals surface area contributed by atoms with Gasteiger partial charge < -0.3 is 9.73 Å². The SMILES string of the molecule is CNC(c1ccc(Cl)cc1F)c1occc1Br. The van der Waals surface area contributed by atoms with Crippen molar-refractivity contribution in [3.63, 3.8) is 0 Å². The Hall–Kier alpha value is -0.840. The van der Waals surface area contributed by atoms with E-state index in [2.05, 4.69) is 21.2 Å². The summed E-state index contributed by atoms with van der Waals surface area (Å²) in [7, 11) is 1.74. The Morgan fingerprint density at radius 3 is 2.71 bits per heavy atom. The Balaban J connectivity index is 2.46. The summed E-state index contributed by atoms with van der Waals surface area (Å²) in [5, 5.41) is 3.39. The predicted molar refractivity (Wildman–Crippen MR) is 68.7 cm³/mol. The van der Waals surface area contributed by atoms with Crippen molar-refractivity contribution in [2.45, 2.75) is 6.04 Å². The molecule has 17 heavy (non-hydrogen) atoms. The molecule has 0 aliphatic heterocycles. The van der Waals surface area contributed by atoms with Gasteiger partial charge in [-0.15, -0.1) is 0 Å². The third kappa shape index (κ3) is 2.54. The van der Waals surface area contributed by atoms with Crippen molar-refractivity contribution in [1.82, 2.24) is 5.32 Å². The number of hydrogen-bond acceptors (Lipinski definition) is 2. The zero-order valence-corrected chi connectivity index (χ0v) is 11.3. The van der Waals surface area contributed by atoms with Crippen LogP contribution < -0.4 is 5.32 Å². The second-order valence-electron chi connectivity index (χ2n) is 3.52. The summed E-state index contributed by atoms with van der Waals surface area (Å²) in [6.07, 6.45) is 1.55. The van der Waals surface area contributed by atoms with Crippen molar-refractivity contribution >= 4 is 27.5 Å². The minimum atomic E-state index is -0.361. The maximum absolute atomic E-state index is 13.8. The van der Waals surface area contributed by atoms with Gasteiger partial charge in [-0.25, -0.2) is 4.39 Å². The summed E-state index contributed by atoms with van der Waals surface area (Å²) in [5.41, 5.74) is 0.493. The largest absolute Gasteiger partial charge is 0.466 e. The number of benzene rings is 1. The molecule has 1 N–H and O–H groups in total. The number of hydrogen-bond donors (Lipinski definition) is 1. The fraction of sp³-hybridized carbons (Fsp3) is 0.167. The van der Waals surface area contributed by atoms with Gasteiger partial charge in [-0.1, -0.05) is 17.7 Å². The first kappa shape index (κ1) is 12.6. The van der Waals surface area contributed by atoms with Crippen LogP contribution in [0.5, 0.6) is 0 Å². The molecule has 0 aliphatic carbocycles. The van der Waals surface area contributed by atoms with Gasteiger partial charge in [0, 0.05) is 10.6 Å². The predicted octanol–water partition coefficient (Wildman–Crippen LogP) is 4.14. The normalized spacial score (nSPS) is 12.7. The molecule has 0 amide bonds. The lowest BCUT2D eigenvalue weighted by Gasteiger charge is -2.15. The van der Waals surface area contributed by atoms with Crippen molar-refractivity contribution in [3.8, 4) is 0 Å². The van der Waals surface area contributed by atoms with Crippen LogP contribution in [0.1, 0.15) is 17.4 Å². The zero-order chi connectivity index (χ0) is 12.4. The molecule has 2 nitrogen and oxygen atoms in total. The molecule has 2 aromatic rings. The monoisotopic (exact) mass is 317 g/mol. The van der Waals surface area contributed by atoms with E-state index < -0.39 is 0 Å². The van der Waals surface area contributed by atoms with Gasteiger partial charge in [-0.2, -0.15) is 0 Å². The fourth-order valence-corrected chi connectivity index (χ4v) is 2.26. The molecular formula is C12H10BrClFNO. The summed E-state index contributed by atoms with van der Waals surface area (Å²) in [6.45, 7) is 0. The van der Waals surface area contributed by atoms with E-state index in [0.717, 1.165) is 4.47 Å². The first-order chi connectivity index (χ1) is 8.13. The summed E-state index contributed by atoms with van der Waals surface area (Å²) < 4.78 is 20.0. The van der Waals surface area contributed by atoms with Gasteiger partial charge in [-0.3, -0.25) is 0 Å². The van der Waals surface area contributed by atoms with Crippen LogP contribution in [0.4, 0.5) is 4.39 Å². The molecule has 0 aliphatic rings. The topological polar surface area (TPSA) is 25.2 Å². The molecule has 90 valence electrons. The Morgan fingerprint density at radius 2 is 2.18 bits per heavy atom. The lowest BCUT2D eigenvalue weighted by molar-refractivity contribution is 0.450. The van der Waals surface area contributed by atoms with Gasteiger partial charge in [0.1, 0.15) is 11.6 Å². The van der Waals surface area contributed by atoms with E-state index in [-0.39, 0.29) is 11.9 Å². The molecule has 1 heterocycles. The second-order valence-corrected chi connectivity index (χ2v) is 4.81. The summed E-state index contributed by atoms with van der Waals surface area (Å²) in [4.78, 5) is 0. The molecule has 1 unspecified atom stereocenters. The molecular weight excluding hydrogens is 308 g/mol. The van der Waals surface area contributed by atoms with Crippen LogP contribution in [-0.2, 0) is 0 Å². The molecule has 1 atom stereocenters. The van der Waals surface area contributed by atoms with E-state index in [1.54, 1.807) is 31.5 Å². The molecule has 0 fully saturated rings. The first-order valence-corrected chi connectivity index (χ1v) is 6.15. The lowest BCUT2D eigenvalue weighted by Crippen LogP contribution is -2.18. The van der Waals surface area contributed by atoms with E-state index in [1.165, 1.54) is 6.07 Å². The highest BCUT2D eigenvalue weighted by molar-refractivity contribution is 9.10. The highest BCUT2D eigenvalue weighted by atomic mass is 79.9. The Morgan fingerprint density at radius 1 is 1.41 bits per heavy atom. The number of furan rings is 1. The van der Waals surface area contributed by atoms with Crippen LogP contribution >= 0.6 is 27.5 Å². The highest BCUT2D eigenvalue weighted by Gasteiger charge is 2.21. The molecule has 1 aromatic heterocycles. The van der Waals surface area contributed by atoms with Gasteiger partial charge >= 0.3 is 0 Å². The molecule has 0 saturated carbocycles. The minimum absolute atomic E-state index is 0.350. The number of nitrogens with one attached hydrogen (secondary N) is 1. The van der Waals surface area contributed by atoms with Gasteiger partial charge in [0.15, 0.2) is 0 Å². The third-order valence-electron chi connectivity index (χ3n) is 2.47. The fourth-order valence-electron chi connectivity index (χ4n) is 1.67. The van der Waals surface area contributed by atoms with Crippen LogP contribution in [-0.4, -0.2) is 7.05 Å². The minimum Gasteiger partial charge on any atom is -0.466 e. The quantitative estimate of drug-likeness (QED) is 0.920. The molecule has 0 spiro atoms. The summed E-state index contributed by atoms with van der Waals surface area (Å²) >= 11 is 9.09. The van der Waals surface area contributed by atoms with E-state index in [0.29, 0.717) is 16.3 Å². The average molecular weight is 319 g/mol. The van der Waals surface area contributed by atoms with Crippen molar-refractivity contribution in [2.75, 3.05) is 7.05 Å². The molecule has 0 radical (unpaired) electrons. The summed E-state index contributed by atoms with van der Waals surface area (Å²) in [5.74, 6) is 0.272. The van der Waals surface area contributed by atoms with Crippen LogP contribution in [0, 0.1) is 5.82 Å². The van der Waals surface area contributed by atoms with Crippen molar-refractivity contribution in [2.24, 2.45) is 0 Å². The first-order valence-electron chi connectivity index (χ1n) is 4.98. The van der Waals surface area contributed by atoms with Crippen LogP contribution in [0.15, 0.2) is 39.4 Å². The third-order valence-corrected chi connectivity index (χ3v) is 3.36.